The number of nitrogens with zero attached hydrogens (tertiary/aromatic N) is 4. The molecule has 1 unspecified atom stereocenters. The molecule has 55 heavy (non-hydrogen) atoms. The third-order valence-corrected chi connectivity index (χ3v) is 10.8. The number of amides is 3. The first-order valence-electron chi connectivity index (χ1n) is 18.2. The fourth-order valence-corrected chi connectivity index (χ4v) is 6.70. The summed E-state index contributed by atoms with van der Waals surface area (Å²) in [5.74, 6) is 0.559. The summed E-state index contributed by atoms with van der Waals surface area (Å²) in [6.45, 7) is 15.0. The second kappa shape index (κ2) is 16.6. The Morgan fingerprint density at radius 3 is 2.18 bits per heavy atom. The Balaban J connectivity index is 1.52. The summed E-state index contributed by atoms with van der Waals surface area (Å²) >= 11 is 13.2. The number of pyridine rings is 1. The number of carbonyl (C=O) groups is 2. The molecular formula is C42H48Cl2N6O5. The quantitative estimate of drug-likeness (QED) is 0.0854. The minimum Gasteiger partial charge on any atom is -0.497 e. The SMILES string of the molecule is CCC(Oc1ccc(C(C)(C)CC)cc1C(C)(C)CC)C(=O)Nc1cccc(N(C(N)=O)c2nn(-c3c(Cl)cc(OC)cc3Cl)c(=O)[c-]2-[n+]2ccccc2)c1. The van der Waals surface area contributed by atoms with Gasteiger partial charge >= 0.3 is 6.03 Å². The van der Waals surface area contributed by atoms with E-state index in [1.807, 2.05) is 13.0 Å². The molecule has 0 aliphatic carbocycles. The molecule has 1 atom stereocenters. The van der Waals surface area contributed by atoms with Crippen LogP contribution in [0.15, 0.2) is 90.0 Å². The van der Waals surface area contributed by atoms with Crippen LogP contribution in [0.3, 0.4) is 0 Å². The number of urea groups is 1. The molecule has 0 bridgehead atoms. The lowest BCUT2D eigenvalue weighted by Crippen LogP contribution is -2.39. The van der Waals surface area contributed by atoms with Gasteiger partial charge in [-0.25, -0.2) is 9.69 Å². The summed E-state index contributed by atoms with van der Waals surface area (Å²) in [5.41, 5.74) is 8.09. The second-order valence-corrected chi connectivity index (χ2v) is 15.3. The largest absolute Gasteiger partial charge is 0.497 e. The molecule has 13 heteroatoms. The molecule has 0 radical (unpaired) electrons. The van der Waals surface area contributed by atoms with Crippen LogP contribution in [0.4, 0.5) is 22.0 Å². The second-order valence-electron chi connectivity index (χ2n) is 14.5. The predicted octanol–water partition coefficient (Wildman–Crippen LogP) is 8.93. The van der Waals surface area contributed by atoms with Crippen LogP contribution in [0.5, 0.6) is 11.5 Å². The first-order chi connectivity index (χ1) is 26.1. The molecule has 3 N–H and O–H groups in total. The number of hydrogen-bond donors (Lipinski definition) is 2. The zero-order chi connectivity index (χ0) is 40.2. The Labute approximate surface area is 332 Å². The number of rotatable bonds is 14. The zero-order valence-electron chi connectivity index (χ0n) is 32.4. The Hall–Kier alpha value is -5.26. The van der Waals surface area contributed by atoms with Gasteiger partial charge < -0.3 is 25.1 Å². The summed E-state index contributed by atoms with van der Waals surface area (Å²) in [7, 11) is 1.46. The van der Waals surface area contributed by atoms with Crippen molar-refractivity contribution in [3.05, 3.63) is 117 Å². The molecule has 0 saturated carbocycles. The van der Waals surface area contributed by atoms with E-state index in [4.69, 9.17) is 38.4 Å². The van der Waals surface area contributed by atoms with Crippen molar-refractivity contribution in [2.24, 2.45) is 5.73 Å². The molecule has 3 aromatic carbocycles. The van der Waals surface area contributed by atoms with Gasteiger partial charge in [-0.3, -0.25) is 9.59 Å². The maximum absolute atomic E-state index is 14.1. The highest BCUT2D eigenvalue weighted by Crippen LogP contribution is 2.39. The number of primary amides is 1. The maximum atomic E-state index is 14.1. The third kappa shape index (κ3) is 8.53. The molecule has 5 aromatic rings. The van der Waals surface area contributed by atoms with Gasteiger partial charge in [0.2, 0.25) is 5.69 Å². The van der Waals surface area contributed by atoms with E-state index in [1.54, 1.807) is 54.9 Å². The number of methoxy groups -OCH3 is 1. The summed E-state index contributed by atoms with van der Waals surface area (Å²) in [6.07, 6.45) is 4.69. The topological polar surface area (TPSA) is 133 Å². The number of anilines is 3. The molecule has 5 rings (SSSR count). The van der Waals surface area contributed by atoms with Crippen LogP contribution in [0.25, 0.3) is 11.4 Å². The van der Waals surface area contributed by atoms with Crippen molar-refractivity contribution < 1.29 is 23.6 Å². The molecule has 0 aliphatic heterocycles. The fourth-order valence-electron chi connectivity index (χ4n) is 6.07. The van der Waals surface area contributed by atoms with E-state index in [0.717, 1.165) is 28.0 Å². The van der Waals surface area contributed by atoms with E-state index in [9.17, 15) is 14.4 Å². The van der Waals surface area contributed by atoms with E-state index >= 15 is 0 Å². The monoisotopic (exact) mass is 786 g/mol. The highest BCUT2D eigenvalue weighted by molar-refractivity contribution is 6.38. The van der Waals surface area contributed by atoms with Gasteiger partial charge in [-0.15, -0.1) is 0 Å². The normalized spacial score (nSPS) is 12.3. The standard InChI is InChI=1S/C42H48Cl2N6O5/c1-9-33(55-34-19-18-26(41(4,5)10-2)22-30(34)42(6,7)11-3)38(51)46-27-16-15-17-28(23-27)49(40(45)53)37-36(48-20-13-12-14-21-48)39(52)50(47-37)35-31(43)24-29(54-8)25-32(35)44/h12-25,33H,9-11H2,1-8H3,(H2,45,53)(H,46,51). The van der Waals surface area contributed by atoms with E-state index in [-0.39, 0.29) is 49.7 Å². The van der Waals surface area contributed by atoms with Crippen LogP contribution in [0.1, 0.15) is 78.9 Å². The number of hydrogen-bond acceptors (Lipinski definition) is 6. The molecule has 290 valence electrons. The Morgan fingerprint density at radius 1 is 0.945 bits per heavy atom. The Bertz CT molecular complexity index is 2230. The summed E-state index contributed by atoms with van der Waals surface area (Å²) in [6, 6.07) is 20.1. The smallest absolute Gasteiger partial charge is 0.324 e. The first-order valence-corrected chi connectivity index (χ1v) is 18.9. The zero-order valence-corrected chi connectivity index (χ0v) is 34.0. The van der Waals surface area contributed by atoms with Gasteiger partial charge in [-0.1, -0.05) is 108 Å². The number of nitrogens with one attached hydrogen (secondary N) is 1. The van der Waals surface area contributed by atoms with Crippen molar-refractivity contribution in [3.63, 3.8) is 0 Å². The average Bonchev–Trinajstić information content (AvgIpc) is 3.48. The van der Waals surface area contributed by atoms with E-state index in [1.165, 1.54) is 29.4 Å². The maximum Gasteiger partial charge on any atom is 0.324 e. The Kier molecular flexibility index (Phi) is 12.4. The van der Waals surface area contributed by atoms with Gasteiger partial charge in [0.05, 0.1) is 35.2 Å². The molecule has 2 aromatic heterocycles. The van der Waals surface area contributed by atoms with Crippen LogP contribution in [0.2, 0.25) is 10.0 Å². The minimum absolute atomic E-state index is 0.00427. The van der Waals surface area contributed by atoms with Gasteiger partial charge in [0.1, 0.15) is 17.2 Å². The van der Waals surface area contributed by atoms with Gasteiger partial charge in [0, 0.05) is 23.4 Å². The van der Waals surface area contributed by atoms with Crippen molar-refractivity contribution in [2.45, 2.75) is 84.7 Å². The number of aromatic nitrogens is 3. The van der Waals surface area contributed by atoms with Crippen LogP contribution >= 0.6 is 23.2 Å². The summed E-state index contributed by atoms with van der Waals surface area (Å²) < 4.78 is 14.3. The van der Waals surface area contributed by atoms with Crippen molar-refractivity contribution in [1.82, 2.24) is 9.78 Å². The number of halogens is 2. The van der Waals surface area contributed by atoms with Crippen LogP contribution in [-0.4, -0.2) is 34.9 Å². The highest BCUT2D eigenvalue weighted by Gasteiger charge is 2.31. The molecule has 0 saturated heterocycles. The van der Waals surface area contributed by atoms with E-state index in [2.05, 4.69) is 64.1 Å². The molecule has 0 spiro atoms. The number of ether oxygens (including phenoxy) is 2. The first kappa shape index (κ1) is 40.9. The summed E-state index contributed by atoms with van der Waals surface area (Å²) in [5, 5.41) is 7.70. The van der Waals surface area contributed by atoms with Crippen molar-refractivity contribution >= 4 is 52.3 Å². The lowest BCUT2D eigenvalue weighted by atomic mass is 9.76. The van der Waals surface area contributed by atoms with Crippen molar-refractivity contribution in [3.8, 4) is 22.9 Å². The van der Waals surface area contributed by atoms with Gasteiger partial charge in [0.15, 0.2) is 11.9 Å². The van der Waals surface area contributed by atoms with Crippen LogP contribution in [0, 0.1) is 0 Å². The summed E-state index contributed by atoms with van der Waals surface area (Å²) in [4.78, 5) is 42.4. The number of benzene rings is 3. The Morgan fingerprint density at radius 2 is 1.60 bits per heavy atom. The number of nitrogens with two attached hydrogens (primary N) is 1. The highest BCUT2D eigenvalue weighted by atomic mass is 35.5. The lowest BCUT2D eigenvalue weighted by Gasteiger charge is -2.31. The number of carbonyl (C=O) groups excluding carboxylic acids is 2. The fraction of sp³-hybridized carbons (Fsp3) is 0.333. The molecule has 2 heterocycles. The van der Waals surface area contributed by atoms with Crippen molar-refractivity contribution in [1.29, 1.82) is 0 Å². The van der Waals surface area contributed by atoms with Crippen LogP contribution < -0.4 is 35.6 Å². The van der Waals surface area contributed by atoms with Gasteiger partial charge in [0.25, 0.3) is 11.5 Å². The van der Waals surface area contributed by atoms with Crippen LogP contribution in [-0.2, 0) is 15.6 Å². The minimum atomic E-state index is -0.937. The van der Waals surface area contributed by atoms with Crippen molar-refractivity contribution in [2.75, 3.05) is 17.3 Å². The molecule has 0 fully saturated rings. The average molecular weight is 788 g/mol. The third-order valence-electron chi connectivity index (χ3n) is 10.2. The van der Waals surface area contributed by atoms with Gasteiger partial charge in [-0.05, 0) is 59.9 Å². The molecule has 3 amide bonds. The molecular weight excluding hydrogens is 739 g/mol. The molecule has 0 aliphatic rings. The van der Waals surface area contributed by atoms with Gasteiger partial charge in [-0.2, -0.15) is 9.78 Å². The lowest BCUT2D eigenvalue weighted by molar-refractivity contribution is -0.595. The predicted molar refractivity (Wildman–Crippen MR) is 218 cm³/mol. The van der Waals surface area contributed by atoms with E-state index < -0.39 is 17.7 Å². The molecule has 11 nitrogen and oxygen atoms in total. The van der Waals surface area contributed by atoms with E-state index in [0.29, 0.717) is 23.6 Å².